The monoisotopic (exact) mass is 568 g/mol. The van der Waals surface area contributed by atoms with E-state index in [1.807, 2.05) is 6.92 Å². The molecule has 0 amide bonds. The summed E-state index contributed by atoms with van der Waals surface area (Å²) in [6.07, 6.45) is 23.0. The number of hydrogen-bond acceptors (Lipinski definition) is 6. The summed E-state index contributed by atoms with van der Waals surface area (Å²) in [6.45, 7) is 8.82. The molecular formula is C34H64O6. The Bertz CT molecular complexity index is 584. The first-order valence-electron chi connectivity index (χ1n) is 16.9. The standard InChI is InChI=1S/C34H64O6/c1-5-9-12-15-17-20-23-26-32(36)39-29-34(8-4,28-38-31(35)25-22-19-14-11-7-3)30-40-33(37)27-24-21-18-16-13-10-6-2/h5-30H2,1-4H3. The Balaban J connectivity index is 4.70. The maximum Gasteiger partial charge on any atom is 0.305 e. The van der Waals surface area contributed by atoms with Crippen LogP contribution in [0, 0.1) is 5.41 Å². The van der Waals surface area contributed by atoms with Crippen LogP contribution in [0.4, 0.5) is 0 Å². The van der Waals surface area contributed by atoms with Crippen molar-refractivity contribution in [3.63, 3.8) is 0 Å². The van der Waals surface area contributed by atoms with Gasteiger partial charge in [0.05, 0.1) is 5.41 Å². The summed E-state index contributed by atoms with van der Waals surface area (Å²) < 4.78 is 17.0. The van der Waals surface area contributed by atoms with Gasteiger partial charge in [-0.15, -0.1) is 0 Å². The summed E-state index contributed by atoms with van der Waals surface area (Å²) in [4.78, 5) is 37.4. The van der Waals surface area contributed by atoms with E-state index in [9.17, 15) is 14.4 Å². The van der Waals surface area contributed by atoms with Gasteiger partial charge >= 0.3 is 17.9 Å². The van der Waals surface area contributed by atoms with Crippen molar-refractivity contribution in [2.45, 2.75) is 175 Å². The lowest BCUT2D eigenvalue weighted by molar-refractivity contribution is -0.162. The highest BCUT2D eigenvalue weighted by atomic mass is 16.6. The van der Waals surface area contributed by atoms with Crippen LogP contribution in [0.15, 0.2) is 0 Å². The predicted molar refractivity (Wildman–Crippen MR) is 164 cm³/mol. The van der Waals surface area contributed by atoms with Gasteiger partial charge in [0.15, 0.2) is 0 Å². The van der Waals surface area contributed by atoms with Crippen LogP contribution in [0.2, 0.25) is 0 Å². The van der Waals surface area contributed by atoms with Crippen LogP contribution in [0.5, 0.6) is 0 Å². The lowest BCUT2D eigenvalue weighted by Crippen LogP contribution is -2.39. The Labute approximate surface area is 247 Å². The van der Waals surface area contributed by atoms with E-state index in [2.05, 4.69) is 20.8 Å². The van der Waals surface area contributed by atoms with Gasteiger partial charge in [0.1, 0.15) is 19.8 Å². The van der Waals surface area contributed by atoms with E-state index in [4.69, 9.17) is 14.2 Å². The van der Waals surface area contributed by atoms with Crippen molar-refractivity contribution in [2.24, 2.45) is 5.41 Å². The molecule has 6 heteroatoms. The Morgan fingerprint density at radius 3 is 0.900 bits per heavy atom. The molecule has 0 spiro atoms. The van der Waals surface area contributed by atoms with Gasteiger partial charge < -0.3 is 14.2 Å². The quantitative estimate of drug-likeness (QED) is 0.0508. The first kappa shape index (κ1) is 38.4. The lowest BCUT2D eigenvalue weighted by atomic mass is 9.88. The van der Waals surface area contributed by atoms with Crippen molar-refractivity contribution in [1.82, 2.24) is 0 Å². The average Bonchev–Trinajstić information content (AvgIpc) is 2.96. The summed E-state index contributed by atoms with van der Waals surface area (Å²) in [5.74, 6) is -0.704. The van der Waals surface area contributed by atoms with Crippen molar-refractivity contribution in [3.05, 3.63) is 0 Å². The first-order valence-corrected chi connectivity index (χ1v) is 16.9. The molecule has 236 valence electrons. The fraction of sp³-hybridized carbons (Fsp3) is 0.912. The molecule has 0 aromatic carbocycles. The van der Waals surface area contributed by atoms with E-state index in [0.717, 1.165) is 57.8 Å². The maximum atomic E-state index is 12.5. The number of ether oxygens (including phenoxy) is 3. The zero-order valence-corrected chi connectivity index (χ0v) is 26.8. The Morgan fingerprint density at radius 1 is 0.400 bits per heavy atom. The van der Waals surface area contributed by atoms with E-state index in [0.29, 0.717) is 25.7 Å². The molecule has 0 bridgehead atoms. The number of rotatable bonds is 29. The molecule has 0 N–H and O–H groups in total. The molecule has 0 heterocycles. The molecule has 0 aromatic heterocycles. The number of esters is 3. The Morgan fingerprint density at radius 2 is 0.650 bits per heavy atom. The number of hydrogen-bond donors (Lipinski definition) is 0. The van der Waals surface area contributed by atoms with Crippen molar-refractivity contribution in [2.75, 3.05) is 19.8 Å². The molecule has 0 aliphatic rings. The third-order valence-corrected chi connectivity index (χ3v) is 7.82. The lowest BCUT2D eigenvalue weighted by Gasteiger charge is -2.31. The van der Waals surface area contributed by atoms with Crippen LogP contribution < -0.4 is 0 Å². The largest absolute Gasteiger partial charge is 0.465 e. The molecular weight excluding hydrogens is 504 g/mol. The van der Waals surface area contributed by atoms with Crippen LogP contribution in [0.25, 0.3) is 0 Å². The van der Waals surface area contributed by atoms with E-state index in [1.165, 1.54) is 64.2 Å². The van der Waals surface area contributed by atoms with Gasteiger partial charge in [0.25, 0.3) is 0 Å². The van der Waals surface area contributed by atoms with Gasteiger partial charge in [-0.1, -0.05) is 130 Å². The van der Waals surface area contributed by atoms with Crippen molar-refractivity contribution < 1.29 is 28.6 Å². The molecule has 0 aromatic rings. The highest BCUT2D eigenvalue weighted by molar-refractivity contribution is 5.70. The molecule has 6 nitrogen and oxygen atoms in total. The maximum absolute atomic E-state index is 12.5. The highest BCUT2D eigenvalue weighted by Crippen LogP contribution is 2.25. The summed E-state index contributed by atoms with van der Waals surface area (Å²) in [5.41, 5.74) is -0.719. The Kier molecular flexibility index (Phi) is 26.5. The van der Waals surface area contributed by atoms with Gasteiger partial charge in [0, 0.05) is 19.3 Å². The molecule has 40 heavy (non-hydrogen) atoms. The average molecular weight is 569 g/mol. The van der Waals surface area contributed by atoms with Crippen LogP contribution >= 0.6 is 0 Å². The SMILES string of the molecule is CCCCCCCCCC(=O)OCC(CC)(COC(=O)CCCCCCC)COC(=O)CCCCCCCCC. The third kappa shape index (κ3) is 23.1. The van der Waals surface area contributed by atoms with Gasteiger partial charge in [-0.3, -0.25) is 14.4 Å². The zero-order valence-electron chi connectivity index (χ0n) is 26.8. The predicted octanol–water partition coefficient (Wildman–Crippen LogP) is 9.65. The molecule has 0 saturated carbocycles. The molecule has 0 rings (SSSR count). The summed E-state index contributed by atoms with van der Waals surface area (Å²) in [6, 6.07) is 0. The van der Waals surface area contributed by atoms with E-state index in [1.54, 1.807) is 0 Å². The normalized spacial score (nSPS) is 11.4. The molecule has 0 atom stereocenters. The minimum atomic E-state index is -0.719. The smallest absolute Gasteiger partial charge is 0.305 e. The van der Waals surface area contributed by atoms with Crippen LogP contribution in [-0.4, -0.2) is 37.7 Å². The van der Waals surface area contributed by atoms with Crippen LogP contribution in [0.1, 0.15) is 175 Å². The third-order valence-electron chi connectivity index (χ3n) is 7.82. The summed E-state index contributed by atoms with van der Waals surface area (Å²) in [5, 5.41) is 0. The fourth-order valence-corrected chi connectivity index (χ4v) is 4.67. The molecule has 0 aliphatic carbocycles. The van der Waals surface area contributed by atoms with Crippen molar-refractivity contribution in [3.8, 4) is 0 Å². The van der Waals surface area contributed by atoms with E-state index < -0.39 is 5.41 Å². The molecule has 0 radical (unpaired) electrons. The fourth-order valence-electron chi connectivity index (χ4n) is 4.67. The second-order valence-electron chi connectivity index (χ2n) is 11.7. The summed E-state index contributed by atoms with van der Waals surface area (Å²) in [7, 11) is 0. The molecule has 0 aliphatic heterocycles. The van der Waals surface area contributed by atoms with Gasteiger partial charge in [-0.05, 0) is 25.7 Å². The molecule has 0 unspecified atom stereocenters. The van der Waals surface area contributed by atoms with Crippen LogP contribution in [0.3, 0.4) is 0 Å². The Hall–Kier alpha value is -1.59. The summed E-state index contributed by atoms with van der Waals surface area (Å²) >= 11 is 0. The number of carbonyl (C=O) groups excluding carboxylic acids is 3. The second kappa shape index (κ2) is 27.6. The molecule has 0 fully saturated rings. The highest BCUT2D eigenvalue weighted by Gasteiger charge is 2.34. The molecule has 0 saturated heterocycles. The first-order chi connectivity index (χ1) is 19.4. The number of carbonyl (C=O) groups is 3. The van der Waals surface area contributed by atoms with E-state index >= 15 is 0 Å². The van der Waals surface area contributed by atoms with Gasteiger partial charge in [0.2, 0.25) is 0 Å². The number of unbranched alkanes of at least 4 members (excludes halogenated alkanes) is 16. The zero-order chi connectivity index (χ0) is 29.7. The minimum Gasteiger partial charge on any atom is -0.465 e. The van der Waals surface area contributed by atoms with Crippen molar-refractivity contribution >= 4 is 17.9 Å². The minimum absolute atomic E-state index is 0.0900. The van der Waals surface area contributed by atoms with Crippen molar-refractivity contribution in [1.29, 1.82) is 0 Å². The van der Waals surface area contributed by atoms with E-state index in [-0.39, 0.29) is 37.7 Å². The second-order valence-corrected chi connectivity index (χ2v) is 11.7. The van der Waals surface area contributed by atoms with Gasteiger partial charge in [-0.2, -0.15) is 0 Å². The van der Waals surface area contributed by atoms with Crippen LogP contribution in [-0.2, 0) is 28.6 Å². The topological polar surface area (TPSA) is 78.9 Å². The van der Waals surface area contributed by atoms with Gasteiger partial charge in [-0.25, -0.2) is 0 Å².